The second-order valence-corrected chi connectivity index (χ2v) is 6.60. The Hall–Kier alpha value is -2.15. The average molecular weight is 291 g/mol. The van der Waals surface area contributed by atoms with Gasteiger partial charge in [0.2, 0.25) is 20.9 Å². The second kappa shape index (κ2) is 4.17. The molecule has 0 amide bonds. The van der Waals surface area contributed by atoms with Crippen LogP contribution in [0.5, 0.6) is 0 Å². The van der Waals surface area contributed by atoms with Crippen molar-refractivity contribution in [2.45, 2.75) is 19.0 Å². The number of aryl methyl sites for hydroxylation is 1. The summed E-state index contributed by atoms with van der Waals surface area (Å²) in [5.41, 5.74) is 2.78. The third-order valence-corrected chi connectivity index (χ3v) is 4.13. The molecule has 0 radical (unpaired) electrons. The van der Waals surface area contributed by atoms with Crippen molar-refractivity contribution in [1.82, 2.24) is 14.7 Å². The van der Waals surface area contributed by atoms with Gasteiger partial charge in [-0.15, -0.1) is 0 Å². The fourth-order valence-corrected chi connectivity index (χ4v) is 2.84. The van der Waals surface area contributed by atoms with Gasteiger partial charge in [0, 0.05) is 11.8 Å². The summed E-state index contributed by atoms with van der Waals surface area (Å²) in [6.07, 6.45) is 1.13. The normalized spacial score (nSPS) is 12.2. The van der Waals surface area contributed by atoms with Gasteiger partial charge < -0.3 is 4.52 Å². The molecule has 0 bridgehead atoms. The summed E-state index contributed by atoms with van der Waals surface area (Å²) < 4.78 is 30.7. The van der Waals surface area contributed by atoms with Gasteiger partial charge in [0.25, 0.3) is 0 Å². The average Bonchev–Trinajstić information content (AvgIpc) is 2.91. The molecule has 104 valence electrons. The van der Waals surface area contributed by atoms with Crippen LogP contribution in [0.3, 0.4) is 0 Å². The molecule has 0 aliphatic rings. The van der Waals surface area contributed by atoms with Crippen LogP contribution >= 0.6 is 0 Å². The molecule has 3 rings (SSSR count). The van der Waals surface area contributed by atoms with E-state index >= 15 is 0 Å². The molecule has 0 spiro atoms. The SMILES string of the molecule is Cc1noc(-n2c(S(C)(=O)=O)nc3ccccc32)c1C. The van der Waals surface area contributed by atoms with Gasteiger partial charge in [0.15, 0.2) is 0 Å². The molecule has 0 N–H and O–H groups in total. The van der Waals surface area contributed by atoms with Crippen LogP contribution in [0.4, 0.5) is 0 Å². The zero-order valence-electron chi connectivity index (χ0n) is 11.3. The predicted molar refractivity (Wildman–Crippen MR) is 73.7 cm³/mol. The lowest BCUT2D eigenvalue weighted by Gasteiger charge is -2.04. The molecule has 1 aromatic carbocycles. The van der Waals surface area contributed by atoms with E-state index < -0.39 is 9.84 Å². The number of imidazole rings is 1. The summed E-state index contributed by atoms with van der Waals surface area (Å²) in [7, 11) is -3.49. The van der Waals surface area contributed by atoms with Crippen LogP contribution in [0.25, 0.3) is 16.9 Å². The largest absolute Gasteiger partial charge is 0.337 e. The summed E-state index contributed by atoms with van der Waals surface area (Å²) in [4.78, 5) is 4.20. The minimum atomic E-state index is -3.49. The molecule has 0 aliphatic heterocycles. The van der Waals surface area contributed by atoms with Gasteiger partial charge in [-0.1, -0.05) is 17.3 Å². The van der Waals surface area contributed by atoms with E-state index in [0.717, 1.165) is 17.5 Å². The highest BCUT2D eigenvalue weighted by molar-refractivity contribution is 7.90. The van der Waals surface area contributed by atoms with Gasteiger partial charge in [0.05, 0.1) is 16.7 Å². The number of fused-ring (bicyclic) bond motifs is 1. The van der Waals surface area contributed by atoms with E-state index in [-0.39, 0.29) is 5.16 Å². The van der Waals surface area contributed by atoms with Crippen molar-refractivity contribution in [3.8, 4) is 5.88 Å². The quantitative estimate of drug-likeness (QED) is 0.722. The monoisotopic (exact) mass is 291 g/mol. The fourth-order valence-electron chi connectivity index (χ4n) is 2.06. The summed E-state index contributed by atoms with van der Waals surface area (Å²) in [6, 6.07) is 7.20. The molecule has 0 saturated heterocycles. The van der Waals surface area contributed by atoms with E-state index in [1.54, 1.807) is 12.1 Å². The Labute approximate surface area is 115 Å². The Morgan fingerprint density at radius 2 is 1.90 bits per heavy atom. The molecule has 3 aromatic rings. The number of hydrogen-bond donors (Lipinski definition) is 0. The Morgan fingerprint density at radius 1 is 1.20 bits per heavy atom. The first-order chi connectivity index (χ1) is 9.39. The van der Waals surface area contributed by atoms with Crippen LogP contribution in [-0.2, 0) is 9.84 Å². The number of para-hydroxylation sites is 2. The maximum atomic E-state index is 12.0. The molecule has 0 unspecified atom stereocenters. The van der Waals surface area contributed by atoms with Crippen LogP contribution in [0, 0.1) is 13.8 Å². The van der Waals surface area contributed by atoms with Crippen LogP contribution < -0.4 is 0 Å². The lowest BCUT2D eigenvalue weighted by atomic mass is 10.2. The standard InChI is InChI=1S/C13H13N3O3S/c1-8-9(2)15-19-12(8)16-11-7-5-4-6-10(11)14-13(16)20(3,17)18/h4-7H,1-3H3. The Bertz CT molecular complexity index is 906. The number of sulfone groups is 1. The minimum Gasteiger partial charge on any atom is -0.337 e. The van der Waals surface area contributed by atoms with Gasteiger partial charge in [-0.2, -0.15) is 0 Å². The zero-order chi connectivity index (χ0) is 14.5. The van der Waals surface area contributed by atoms with Gasteiger partial charge >= 0.3 is 0 Å². The Morgan fingerprint density at radius 3 is 2.50 bits per heavy atom. The first-order valence-corrected chi connectivity index (χ1v) is 7.89. The van der Waals surface area contributed by atoms with E-state index in [2.05, 4.69) is 10.1 Å². The third-order valence-electron chi connectivity index (χ3n) is 3.20. The number of benzene rings is 1. The Balaban J connectivity index is 2.47. The van der Waals surface area contributed by atoms with Crippen LogP contribution in [-0.4, -0.2) is 29.4 Å². The topological polar surface area (TPSA) is 78.0 Å². The molecular weight excluding hydrogens is 278 g/mol. The van der Waals surface area contributed by atoms with E-state index in [1.165, 1.54) is 4.57 Å². The molecule has 2 aromatic heterocycles. The number of rotatable bonds is 2. The van der Waals surface area contributed by atoms with Gasteiger partial charge in [-0.3, -0.25) is 4.57 Å². The smallest absolute Gasteiger partial charge is 0.241 e. The molecule has 20 heavy (non-hydrogen) atoms. The first kappa shape index (κ1) is 12.9. The lowest BCUT2D eigenvalue weighted by Crippen LogP contribution is -2.08. The highest BCUT2D eigenvalue weighted by Gasteiger charge is 2.24. The molecular formula is C13H13N3O3S. The van der Waals surface area contributed by atoms with Crippen molar-refractivity contribution in [2.24, 2.45) is 0 Å². The second-order valence-electron chi connectivity index (χ2n) is 4.69. The predicted octanol–water partition coefficient (Wildman–Crippen LogP) is 2.03. The van der Waals surface area contributed by atoms with Crippen LogP contribution in [0.15, 0.2) is 33.9 Å². The Kier molecular flexibility index (Phi) is 2.68. The third kappa shape index (κ3) is 1.82. The maximum absolute atomic E-state index is 12.0. The van der Waals surface area contributed by atoms with Crippen molar-refractivity contribution >= 4 is 20.9 Å². The van der Waals surface area contributed by atoms with Gasteiger partial charge in [-0.25, -0.2) is 13.4 Å². The number of hydrogen-bond acceptors (Lipinski definition) is 5. The van der Waals surface area contributed by atoms with Crippen molar-refractivity contribution in [1.29, 1.82) is 0 Å². The summed E-state index contributed by atoms with van der Waals surface area (Å²) in [6.45, 7) is 3.64. The maximum Gasteiger partial charge on any atom is 0.241 e. The number of aromatic nitrogens is 3. The highest BCUT2D eigenvalue weighted by atomic mass is 32.2. The van der Waals surface area contributed by atoms with E-state index in [0.29, 0.717) is 16.9 Å². The van der Waals surface area contributed by atoms with E-state index in [1.807, 2.05) is 26.0 Å². The number of nitrogens with zero attached hydrogens (tertiary/aromatic N) is 3. The van der Waals surface area contributed by atoms with Gasteiger partial charge in [-0.05, 0) is 26.0 Å². The lowest BCUT2D eigenvalue weighted by molar-refractivity contribution is 0.397. The molecule has 7 heteroatoms. The first-order valence-electron chi connectivity index (χ1n) is 6.00. The molecule has 6 nitrogen and oxygen atoms in total. The fraction of sp³-hybridized carbons (Fsp3) is 0.231. The van der Waals surface area contributed by atoms with Crippen molar-refractivity contribution in [3.05, 3.63) is 35.5 Å². The highest BCUT2D eigenvalue weighted by Crippen LogP contribution is 2.27. The van der Waals surface area contributed by atoms with E-state index in [4.69, 9.17) is 4.52 Å². The van der Waals surface area contributed by atoms with Crippen LogP contribution in [0.1, 0.15) is 11.3 Å². The zero-order valence-corrected chi connectivity index (χ0v) is 12.1. The summed E-state index contributed by atoms with van der Waals surface area (Å²) >= 11 is 0. The van der Waals surface area contributed by atoms with Crippen LogP contribution in [0.2, 0.25) is 0 Å². The summed E-state index contributed by atoms with van der Waals surface area (Å²) in [5.74, 6) is 0.386. The minimum absolute atomic E-state index is 0.0436. The summed E-state index contributed by atoms with van der Waals surface area (Å²) in [5, 5.41) is 3.84. The van der Waals surface area contributed by atoms with Crippen molar-refractivity contribution in [3.63, 3.8) is 0 Å². The molecule has 0 aliphatic carbocycles. The van der Waals surface area contributed by atoms with Gasteiger partial charge in [0.1, 0.15) is 0 Å². The molecule has 0 atom stereocenters. The van der Waals surface area contributed by atoms with Crippen molar-refractivity contribution in [2.75, 3.05) is 6.26 Å². The van der Waals surface area contributed by atoms with E-state index in [9.17, 15) is 8.42 Å². The van der Waals surface area contributed by atoms with Crippen molar-refractivity contribution < 1.29 is 12.9 Å². The molecule has 0 fully saturated rings. The molecule has 2 heterocycles. The molecule has 0 saturated carbocycles.